The van der Waals surface area contributed by atoms with Gasteiger partial charge in [-0.05, 0) is 31.1 Å². The Hall–Kier alpha value is -1.63. The van der Waals surface area contributed by atoms with E-state index in [1.54, 1.807) is 18.2 Å². The van der Waals surface area contributed by atoms with E-state index < -0.39 is 10.7 Å². The van der Waals surface area contributed by atoms with Crippen molar-refractivity contribution in [1.29, 1.82) is 0 Å². The van der Waals surface area contributed by atoms with Gasteiger partial charge < -0.3 is 38.1 Å². The number of aliphatic hydroxyl groups is 1. The topological polar surface area (TPSA) is 86.7 Å². The molecule has 2 atom stereocenters. The summed E-state index contributed by atoms with van der Waals surface area (Å²) in [5.74, 6) is 0.546. The number of hydrogen-bond donors (Lipinski definition) is 2. The average Bonchev–Trinajstić information content (AvgIpc) is 2.78. The standard InChI is InChI=1S/C18H33N2O2.C7H7O2S.CH3.Ni/c1-7-14(6)15(8-2)18(22)17(16(9-3)19-10-4)20(11-5)12-13-21;8-10(9)6-7-4-2-1-3-5-7;;/h9,14-15,19,21H,3-4,7-8,10-13H2,1-2,5-6H3;1-5H,6H2;1H3;/q3*-1;+3/b17-16-;;;/t14?,15-;;;/m0.../s1. The minimum Gasteiger partial charge on any atom is -0.424 e. The molecule has 0 aliphatic rings. The number of Topliss-reactive ketones (excluding diaryl/α,β-unsaturated/α-hetero) is 1. The van der Waals surface area contributed by atoms with Gasteiger partial charge in [0.15, 0.2) is 5.78 Å². The first-order valence-corrected chi connectivity index (χ1v) is 12.4. The normalized spacial score (nSPS) is 12.6. The molecule has 34 heavy (non-hydrogen) atoms. The molecule has 1 rings (SSSR count). The molecular formula is C26H43N2NiO4S. The summed E-state index contributed by atoms with van der Waals surface area (Å²) >= 11 is 0. The number of rotatable bonds is 14. The molecule has 2 N–H and O–H groups in total. The van der Waals surface area contributed by atoms with Crippen LogP contribution >= 0.6 is 0 Å². The largest absolute Gasteiger partial charge is 3.00 e. The minimum absolute atomic E-state index is 0. The van der Waals surface area contributed by atoms with Crippen molar-refractivity contribution in [3.8, 4) is 0 Å². The van der Waals surface area contributed by atoms with Crippen molar-refractivity contribution < 1.29 is 34.8 Å². The van der Waals surface area contributed by atoms with E-state index in [0.29, 0.717) is 36.9 Å². The minimum atomic E-state index is -1.97. The third kappa shape index (κ3) is 13.3. The molecule has 1 aromatic rings. The molecule has 0 aliphatic heterocycles. The van der Waals surface area contributed by atoms with E-state index in [9.17, 15) is 18.3 Å². The summed E-state index contributed by atoms with van der Waals surface area (Å²) in [6.45, 7) is 17.5. The van der Waals surface area contributed by atoms with Gasteiger partial charge in [-0.25, -0.2) is 0 Å². The van der Waals surface area contributed by atoms with Crippen LogP contribution < -0.4 is 5.32 Å². The predicted octanol–water partition coefficient (Wildman–Crippen LogP) is 4.71. The van der Waals surface area contributed by atoms with Crippen LogP contribution in [0.25, 0.3) is 0 Å². The second-order valence-corrected chi connectivity index (χ2v) is 8.29. The molecule has 1 aromatic carbocycles. The number of hydrogen-bond acceptors (Lipinski definition) is 7. The Labute approximate surface area is 219 Å². The Kier molecular flexibility index (Phi) is 23.8. The molecule has 0 aliphatic carbocycles. The molecule has 0 aromatic heterocycles. The number of ketones is 1. The van der Waals surface area contributed by atoms with Crippen LogP contribution in [0.5, 0.6) is 0 Å². The maximum absolute atomic E-state index is 13.1. The van der Waals surface area contributed by atoms with E-state index in [-0.39, 0.29) is 48.0 Å². The second kappa shape index (κ2) is 21.9. The molecule has 1 unspecified atom stereocenters. The monoisotopic (exact) mass is 537 g/mol. The molecule has 0 bridgehead atoms. The maximum Gasteiger partial charge on any atom is 3.00 e. The van der Waals surface area contributed by atoms with Crippen LogP contribution in [0.1, 0.15) is 46.1 Å². The number of carbonyl (C=O) groups is 1. The zero-order chi connectivity index (χ0) is 24.5. The molecule has 1 radical (unpaired) electrons. The van der Waals surface area contributed by atoms with E-state index >= 15 is 0 Å². The summed E-state index contributed by atoms with van der Waals surface area (Å²) in [5.41, 5.74) is 2.16. The maximum atomic E-state index is 13.1. The Balaban J connectivity index is -0.000000672. The quantitative estimate of drug-likeness (QED) is 0.117. The third-order valence-corrected chi connectivity index (χ3v) is 5.88. The molecule has 0 saturated heterocycles. The molecule has 0 saturated carbocycles. The second-order valence-electron chi connectivity index (χ2n) is 7.39. The first-order chi connectivity index (χ1) is 15.3. The SMILES string of the molecule is C=C/C(NC[CH2-])=C(\C(=O)[C@@H](CC)C(C)CC)N(CC)CCO.O=[S-](=O)Cc1ccccc1.[CH3-].[Ni+3]. The van der Waals surface area contributed by atoms with Gasteiger partial charge in [0.1, 0.15) is 5.70 Å². The fourth-order valence-corrected chi connectivity index (χ4v) is 3.88. The van der Waals surface area contributed by atoms with Gasteiger partial charge in [-0.15, -0.1) is 6.54 Å². The zero-order valence-electron chi connectivity index (χ0n) is 21.3. The predicted molar refractivity (Wildman–Crippen MR) is 138 cm³/mol. The van der Waals surface area contributed by atoms with Gasteiger partial charge in [-0.1, -0.05) is 80.4 Å². The van der Waals surface area contributed by atoms with Crippen molar-refractivity contribution >= 4 is 16.5 Å². The van der Waals surface area contributed by atoms with E-state index in [1.807, 2.05) is 30.0 Å². The third-order valence-electron chi connectivity index (χ3n) is 5.31. The summed E-state index contributed by atoms with van der Waals surface area (Å²) in [6.07, 6.45) is 3.44. The van der Waals surface area contributed by atoms with Crippen molar-refractivity contribution in [1.82, 2.24) is 10.2 Å². The van der Waals surface area contributed by atoms with Crippen molar-refractivity contribution in [3.05, 3.63) is 74.3 Å². The van der Waals surface area contributed by atoms with Crippen molar-refractivity contribution in [2.75, 3.05) is 26.2 Å². The van der Waals surface area contributed by atoms with Crippen molar-refractivity contribution in [2.45, 2.75) is 46.3 Å². The van der Waals surface area contributed by atoms with Gasteiger partial charge in [0.2, 0.25) is 0 Å². The number of allylic oxidation sites excluding steroid dienone is 2. The Morgan fingerprint density at radius 3 is 2.18 bits per heavy atom. The zero-order valence-corrected chi connectivity index (χ0v) is 23.1. The summed E-state index contributed by atoms with van der Waals surface area (Å²) in [7, 11) is -1.97. The van der Waals surface area contributed by atoms with Crippen LogP contribution in [0.2, 0.25) is 0 Å². The van der Waals surface area contributed by atoms with Crippen LogP contribution in [-0.4, -0.2) is 42.0 Å². The van der Waals surface area contributed by atoms with Crippen LogP contribution in [0.4, 0.5) is 0 Å². The van der Waals surface area contributed by atoms with Gasteiger partial charge in [-0.2, -0.15) is 0 Å². The number of likely N-dealkylation sites (N-methyl/N-ethyl adjacent to an activating group) is 1. The fourth-order valence-electron chi connectivity index (χ4n) is 3.41. The van der Waals surface area contributed by atoms with Crippen molar-refractivity contribution in [3.63, 3.8) is 0 Å². The van der Waals surface area contributed by atoms with E-state index in [1.165, 1.54) is 0 Å². The molecular weight excluding hydrogens is 495 g/mol. The van der Waals surface area contributed by atoms with Crippen LogP contribution in [0.15, 0.2) is 54.4 Å². The molecule has 0 heterocycles. The molecule has 8 heteroatoms. The summed E-state index contributed by atoms with van der Waals surface area (Å²) in [5, 5.41) is 12.4. The van der Waals surface area contributed by atoms with E-state index in [4.69, 9.17) is 0 Å². The number of nitrogens with zero attached hydrogens (tertiary/aromatic N) is 1. The van der Waals surface area contributed by atoms with Gasteiger partial charge in [0, 0.05) is 19.0 Å². The van der Waals surface area contributed by atoms with Crippen LogP contribution in [0.3, 0.4) is 0 Å². The Bertz CT molecular complexity index is 774. The Morgan fingerprint density at radius 2 is 1.79 bits per heavy atom. The van der Waals surface area contributed by atoms with E-state index in [0.717, 1.165) is 18.4 Å². The molecule has 6 nitrogen and oxygen atoms in total. The first-order valence-electron chi connectivity index (χ1n) is 11.2. The molecule has 197 valence electrons. The van der Waals surface area contributed by atoms with E-state index in [2.05, 4.69) is 39.6 Å². The van der Waals surface area contributed by atoms with Crippen molar-refractivity contribution in [2.24, 2.45) is 11.8 Å². The van der Waals surface area contributed by atoms with Crippen LogP contribution in [0, 0.1) is 26.2 Å². The fraction of sp³-hybridized carbons (Fsp3) is 0.500. The number of aliphatic hydroxyl groups excluding tert-OH is 1. The number of benzene rings is 1. The first kappa shape index (κ1) is 36.9. The molecule has 0 fully saturated rings. The van der Waals surface area contributed by atoms with Gasteiger partial charge >= 0.3 is 16.5 Å². The molecule has 0 spiro atoms. The Morgan fingerprint density at radius 1 is 1.21 bits per heavy atom. The van der Waals surface area contributed by atoms with Gasteiger partial charge in [0.25, 0.3) is 0 Å². The van der Waals surface area contributed by atoms with Crippen LogP contribution in [-0.2, 0) is 46.2 Å². The number of nitrogens with one attached hydrogen (secondary N) is 1. The van der Waals surface area contributed by atoms with Gasteiger partial charge in [-0.3, -0.25) is 4.79 Å². The summed E-state index contributed by atoms with van der Waals surface area (Å²) in [4.78, 5) is 15.1. The molecule has 0 amide bonds. The smallest absolute Gasteiger partial charge is 0.424 e. The average molecular weight is 538 g/mol. The number of carbonyl (C=O) groups excluding carboxylic acids is 1. The summed E-state index contributed by atoms with van der Waals surface area (Å²) < 4.78 is 20.3. The summed E-state index contributed by atoms with van der Waals surface area (Å²) in [6, 6.07) is 9.08. The van der Waals surface area contributed by atoms with Gasteiger partial charge in [0.05, 0.1) is 12.3 Å².